The molecule has 0 rings (SSSR count). The van der Waals surface area contributed by atoms with Crippen LogP contribution in [0.15, 0.2) is 0 Å². The van der Waals surface area contributed by atoms with Crippen LogP contribution in [0.1, 0.15) is 0 Å². The molecule has 0 bridgehead atoms. The zero-order valence-corrected chi connectivity index (χ0v) is 3.23. The second-order valence-corrected chi connectivity index (χ2v) is 0.251. The summed E-state index contributed by atoms with van der Waals surface area (Å²) in [7, 11) is 0. The Balaban J connectivity index is 0. The van der Waals surface area contributed by atoms with E-state index in [0.29, 0.717) is 0 Å². The van der Waals surface area contributed by atoms with Crippen molar-refractivity contribution in [2.45, 2.75) is 0 Å². The third kappa shape index (κ3) is 13.3. The van der Waals surface area contributed by atoms with Gasteiger partial charge in [0.15, 0.2) is 0 Å². The Bertz CT molecular complexity index is 13.5. The topological polar surface area (TPSA) is 37.3 Å². The summed E-state index contributed by atoms with van der Waals surface area (Å²) in [6, 6.07) is 0. The summed E-state index contributed by atoms with van der Waals surface area (Å²) in [6.07, 6.45) is 0. The number of rotatable bonds is 0. The van der Waals surface area contributed by atoms with Crippen LogP contribution in [0.2, 0.25) is 0 Å². The normalized spacial score (nSPS) is 5.25. The minimum absolute atomic E-state index is 0. The van der Waals surface area contributed by atoms with Crippen molar-refractivity contribution in [3.8, 4) is 0 Å². The van der Waals surface area contributed by atoms with Crippen molar-refractivity contribution in [3.05, 3.63) is 0 Å². The summed E-state index contributed by atoms with van der Waals surface area (Å²) >= 11 is -0.812. The van der Waals surface area contributed by atoms with E-state index in [2.05, 4.69) is 0 Å². The van der Waals surface area contributed by atoms with Gasteiger partial charge in [-0.1, -0.05) is 0 Å². The first-order valence-corrected chi connectivity index (χ1v) is 1.18. The Morgan fingerprint density at radius 3 is 1.75 bits per heavy atom. The molecule has 0 aliphatic rings. The average Bonchev–Trinajstić information content (AvgIpc) is 0.918. The van der Waals surface area contributed by atoms with Crippen LogP contribution in [-0.2, 0) is 18.8 Å². The molecule has 0 aliphatic carbocycles. The van der Waals surface area contributed by atoms with Crippen LogP contribution in [0.3, 0.4) is 0 Å². The quantitative estimate of drug-likeness (QED) is 0.317. The molecule has 0 fully saturated rings. The molecule has 0 heterocycles. The molecule has 23 valence electrons. The van der Waals surface area contributed by atoms with E-state index in [-0.39, 0.29) is 18.9 Å². The number of hydrogen-bond acceptors (Lipinski definition) is 1. The molecule has 0 aromatic rings. The first-order chi connectivity index (χ1) is 1.41. The van der Waals surface area contributed by atoms with Gasteiger partial charge in [-0.3, -0.25) is 0 Å². The van der Waals surface area contributed by atoms with Crippen LogP contribution >= 0.6 is 0 Å². The van der Waals surface area contributed by atoms with Crippen LogP contribution in [0.4, 0.5) is 0 Å². The molecule has 0 aromatic carbocycles. The molecule has 0 spiro atoms. The zero-order valence-electron chi connectivity index (χ0n) is 2.19. The van der Waals surface area contributed by atoms with E-state index in [9.17, 15) is 0 Å². The van der Waals surface area contributed by atoms with E-state index in [4.69, 9.17) is 8.08 Å². The molecule has 0 atom stereocenters. The van der Waals surface area contributed by atoms with E-state index in [0.717, 1.165) is 0 Å². The molecule has 4 heteroatoms. The summed E-state index contributed by atoms with van der Waals surface area (Å²) < 4.78 is 15.4. The van der Waals surface area contributed by atoms with Gasteiger partial charge >= 0.3 is 41.9 Å². The summed E-state index contributed by atoms with van der Waals surface area (Å²) in [5.74, 6) is 0. The van der Waals surface area contributed by atoms with Crippen LogP contribution < -0.4 is 18.9 Å². The molecule has 2 nitrogen and oxygen atoms in total. The van der Waals surface area contributed by atoms with Gasteiger partial charge in [-0.05, 0) is 0 Å². The molecule has 0 aliphatic heterocycles. The van der Waals surface area contributed by atoms with Gasteiger partial charge in [-0.25, -0.2) is 0 Å². The van der Waals surface area contributed by atoms with Crippen molar-refractivity contribution in [2.24, 2.45) is 0 Å². The van der Waals surface area contributed by atoms with Crippen molar-refractivity contribution < 1.29 is 41.9 Å². The molecule has 0 aromatic heterocycles. The number of hydrogen-bond donors (Lipinski definition) is 1. The minimum atomic E-state index is -0.812. The Kier molecular flexibility index (Phi) is 20.2. The van der Waals surface area contributed by atoms with Gasteiger partial charge in [0.05, 0.1) is 0 Å². The predicted octanol–water partition coefficient (Wildman–Crippen LogP) is -3.67. The SMILES string of the molecule is [Li+].[O]=[Co-][OH]. The molecule has 0 saturated heterocycles. The summed E-state index contributed by atoms with van der Waals surface area (Å²) in [4.78, 5) is 0. The van der Waals surface area contributed by atoms with Crippen molar-refractivity contribution in [3.63, 3.8) is 0 Å². The van der Waals surface area contributed by atoms with E-state index >= 15 is 0 Å². The Hall–Kier alpha value is 0.864. The second kappa shape index (κ2) is 9.12. The fraction of sp³-hybridized carbons (Fsp3) is 0. The molecular weight excluding hydrogens is 97.9 g/mol. The van der Waals surface area contributed by atoms with Crippen LogP contribution in [0, 0.1) is 0 Å². The maximum atomic E-state index is 8.45. The van der Waals surface area contributed by atoms with Crippen molar-refractivity contribution in [1.29, 1.82) is 0 Å². The Morgan fingerprint density at radius 2 is 1.75 bits per heavy atom. The Morgan fingerprint density at radius 1 is 1.75 bits per heavy atom. The second-order valence-electron chi connectivity index (χ2n) is 0.0609. The van der Waals surface area contributed by atoms with Gasteiger partial charge in [0.2, 0.25) is 0 Å². The van der Waals surface area contributed by atoms with Gasteiger partial charge in [-0.2, -0.15) is 0 Å². The third-order valence-electron chi connectivity index (χ3n) is 0. The van der Waals surface area contributed by atoms with E-state index in [1.807, 2.05) is 0 Å². The molecule has 0 saturated carbocycles. The van der Waals surface area contributed by atoms with Crippen LogP contribution in [-0.4, -0.2) is 4.22 Å². The monoisotopic (exact) mass is 98.9 g/mol. The Labute approximate surface area is 42.3 Å². The predicted molar refractivity (Wildman–Crippen MR) is 2.91 cm³/mol. The first kappa shape index (κ1) is 8.85. The molecule has 0 unspecified atom stereocenters. The van der Waals surface area contributed by atoms with Crippen molar-refractivity contribution in [2.75, 3.05) is 0 Å². The average molecular weight is 98.9 g/mol. The van der Waals surface area contributed by atoms with E-state index < -0.39 is 15.0 Å². The molecule has 4 heavy (non-hydrogen) atoms. The van der Waals surface area contributed by atoms with E-state index in [1.54, 1.807) is 0 Å². The molecular formula is HCoLiO2. The third-order valence-corrected chi connectivity index (χ3v) is 0. The van der Waals surface area contributed by atoms with Crippen molar-refractivity contribution >= 4 is 0 Å². The molecule has 1 N–H and O–H groups in total. The van der Waals surface area contributed by atoms with Gasteiger partial charge in [0.25, 0.3) is 0 Å². The van der Waals surface area contributed by atoms with Gasteiger partial charge in [0.1, 0.15) is 0 Å². The van der Waals surface area contributed by atoms with Gasteiger partial charge in [-0.15, -0.1) is 0 Å². The first-order valence-electron chi connectivity index (χ1n) is 0.285. The molecule has 0 amide bonds. The summed E-state index contributed by atoms with van der Waals surface area (Å²) in [5, 5.41) is 0. The zero-order chi connectivity index (χ0) is 2.71. The summed E-state index contributed by atoms with van der Waals surface area (Å²) in [5.41, 5.74) is 0. The van der Waals surface area contributed by atoms with E-state index in [1.165, 1.54) is 0 Å². The van der Waals surface area contributed by atoms with Gasteiger partial charge in [0, 0.05) is 0 Å². The van der Waals surface area contributed by atoms with Crippen LogP contribution in [0.25, 0.3) is 0 Å². The van der Waals surface area contributed by atoms with Gasteiger partial charge < -0.3 is 0 Å². The van der Waals surface area contributed by atoms with Crippen molar-refractivity contribution in [1.82, 2.24) is 0 Å². The van der Waals surface area contributed by atoms with Crippen LogP contribution in [0.5, 0.6) is 0 Å². The summed E-state index contributed by atoms with van der Waals surface area (Å²) in [6.45, 7) is 0. The fourth-order valence-electron chi connectivity index (χ4n) is 0. The molecule has 0 radical (unpaired) electrons. The fourth-order valence-corrected chi connectivity index (χ4v) is 0. The standard InChI is InChI=1S/Co.Li.H2O.O/h;;1H2;/q;+1;;/p-1. The maximum absolute atomic E-state index is 8.45.